The predicted octanol–water partition coefficient (Wildman–Crippen LogP) is 3.95. The SMILES string of the molecule is COc1cc(F)cc(C(=O)N[C@H]2CC[C@@](F)(S(=O)(=O)c3cccc(C)c3)CC2)c1. The third-order valence-corrected chi connectivity index (χ3v) is 7.46. The molecule has 1 aliphatic rings. The Bertz CT molecular complexity index is 1020. The summed E-state index contributed by atoms with van der Waals surface area (Å²) in [6, 6.07) is 9.45. The maximum absolute atomic E-state index is 15.4. The van der Waals surface area contributed by atoms with Gasteiger partial charge in [0.05, 0.1) is 12.0 Å². The molecule has 3 rings (SSSR count). The minimum absolute atomic E-state index is 0.0330. The fourth-order valence-electron chi connectivity index (χ4n) is 3.54. The molecule has 156 valence electrons. The summed E-state index contributed by atoms with van der Waals surface area (Å²) in [5, 5.41) is 0.358. The molecule has 0 unspecified atom stereocenters. The van der Waals surface area contributed by atoms with Gasteiger partial charge in [-0.3, -0.25) is 4.79 Å². The lowest BCUT2D eigenvalue weighted by molar-refractivity contribution is 0.0905. The van der Waals surface area contributed by atoms with Crippen LogP contribution in [0.15, 0.2) is 47.4 Å². The van der Waals surface area contributed by atoms with E-state index < -0.39 is 32.6 Å². The lowest BCUT2D eigenvalue weighted by Crippen LogP contribution is -2.45. The number of hydrogen-bond donors (Lipinski definition) is 1. The van der Waals surface area contributed by atoms with Crippen molar-refractivity contribution in [2.45, 2.75) is 48.5 Å². The molecule has 0 atom stereocenters. The zero-order chi connectivity index (χ0) is 21.2. The highest BCUT2D eigenvalue weighted by molar-refractivity contribution is 7.92. The van der Waals surface area contributed by atoms with Gasteiger partial charge in [-0.15, -0.1) is 0 Å². The Hall–Kier alpha value is -2.48. The van der Waals surface area contributed by atoms with Crippen molar-refractivity contribution in [2.75, 3.05) is 7.11 Å². The second-order valence-corrected chi connectivity index (χ2v) is 9.54. The lowest BCUT2D eigenvalue weighted by atomic mass is 9.93. The zero-order valence-corrected chi connectivity index (χ0v) is 17.1. The smallest absolute Gasteiger partial charge is 0.251 e. The Morgan fingerprint density at radius 3 is 2.48 bits per heavy atom. The number of nitrogens with one attached hydrogen (secondary N) is 1. The van der Waals surface area contributed by atoms with Crippen LogP contribution in [0.1, 0.15) is 41.6 Å². The fraction of sp³-hybridized carbons (Fsp3) is 0.381. The van der Waals surface area contributed by atoms with E-state index >= 15 is 4.39 Å². The van der Waals surface area contributed by atoms with Crippen molar-refractivity contribution in [3.8, 4) is 5.75 Å². The van der Waals surface area contributed by atoms with Crippen molar-refractivity contribution < 1.29 is 26.7 Å². The molecule has 5 nitrogen and oxygen atoms in total. The van der Waals surface area contributed by atoms with Gasteiger partial charge in [0.2, 0.25) is 14.8 Å². The van der Waals surface area contributed by atoms with E-state index in [1.165, 1.54) is 25.3 Å². The molecule has 8 heteroatoms. The monoisotopic (exact) mass is 423 g/mol. The average Bonchev–Trinajstić information content (AvgIpc) is 2.69. The molecular weight excluding hydrogens is 400 g/mol. The molecule has 0 radical (unpaired) electrons. The standard InChI is InChI=1S/C21H23F2NO4S/c1-14-4-3-5-19(10-14)29(26,27)21(23)8-6-17(7-9-21)24-20(25)15-11-16(22)13-18(12-15)28-2/h3-5,10-13,17H,6-9H2,1-2H3,(H,24,25)/t17-,21+. The van der Waals surface area contributed by atoms with E-state index in [1.54, 1.807) is 19.1 Å². The van der Waals surface area contributed by atoms with Crippen LogP contribution < -0.4 is 10.1 Å². The number of alkyl halides is 1. The molecule has 0 spiro atoms. The molecule has 0 saturated heterocycles. The molecule has 0 aromatic heterocycles. The highest BCUT2D eigenvalue weighted by Gasteiger charge is 2.47. The van der Waals surface area contributed by atoms with Crippen LogP contribution in [0, 0.1) is 12.7 Å². The van der Waals surface area contributed by atoms with E-state index in [9.17, 15) is 17.6 Å². The second-order valence-electron chi connectivity index (χ2n) is 7.33. The first-order valence-corrected chi connectivity index (χ1v) is 10.8. The van der Waals surface area contributed by atoms with Crippen LogP contribution in [0.2, 0.25) is 0 Å². The van der Waals surface area contributed by atoms with Gasteiger partial charge in [-0.2, -0.15) is 0 Å². The third-order valence-electron chi connectivity index (χ3n) is 5.22. The van der Waals surface area contributed by atoms with Crippen molar-refractivity contribution in [3.63, 3.8) is 0 Å². The van der Waals surface area contributed by atoms with Crippen molar-refractivity contribution >= 4 is 15.7 Å². The van der Waals surface area contributed by atoms with Crippen LogP contribution in [0.25, 0.3) is 0 Å². The number of ether oxygens (including phenoxy) is 1. The molecular formula is C21H23F2NO4S. The molecule has 0 heterocycles. The number of hydrogen-bond acceptors (Lipinski definition) is 4. The Balaban J connectivity index is 1.68. The van der Waals surface area contributed by atoms with Crippen molar-refractivity contribution in [1.82, 2.24) is 5.32 Å². The summed E-state index contributed by atoms with van der Waals surface area (Å²) in [5.41, 5.74) is 0.826. The van der Waals surface area contributed by atoms with E-state index in [1.807, 2.05) is 0 Å². The van der Waals surface area contributed by atoms with Crippen molar-refractivity contribution in [3.05, 3.63) is 59.4 Å². The van der Waals surface area contributed by atoms with Gasteiger partial charge in [0.15, 0.2) is 0 Å². The molecule has 2 aromatic carbocycles. The first kappa shape index (κ1) is 21.2. The largest absolute Gasteiger partial charge is 0.497 e. The first-order chi connectivity index (χ1) is 13.6. The highest BCUT2D eigenvalue weighted by Crippen LogP contribution is 2.40. The minimum Gasteiger partial charge on any atom is -0.497 e. The number of amides is 1. The predicted molar refractivity (Wildman–Crippen MR) is 105 cm³/mol. The second kappa shape index (κ2) is 8.10. The van der Waals surface area contributed by atoms with Crippen LogP contribution in [0.4, 0.5) is 8.78 Å². The van der Waals surface area contributed by atoms with Gasteiger partial charge >= 0.3 is 0 Å². The molecule has 1 fully saturated rings. The molecule has 0 aliphatic heterocycles. The van der Waals surface area contributed by atoms with Crippen molar-refractivity contribution in [1.29, 1.82) is 0 Å². The normalized spacial score (nSPS) is 22.1. The number of carbonyl (C=O) groups excluding carboxylic acids is 1. The highest BCUT2D eigenvalue weighted by atomic mass is 32.2. The zero-order valence-electron chi connectivity index (χ0n) is 16.2. The Labute approximate surface area is 169 Å². The van der Waals surface area contributed by atoms with Crippen LogP contribution in [-0.4, -0.2) is 32.5 Å². The van der Waals surface area contributed by atoms with Gasteiger partial charge in [-0.25, -0.2) is 17.2 Å². The topological polar surface area (TPSA) is 72.5 Å². The molecule has 1 aliphatic carbocycles. The Kier molecular flexibility index (Phi) is 5.93. The number of benzene rings is 2. The molecule has 1 saturated carbocycles. The van der Waals surface area contributed by atoms with Crippen molar-refractivity contribution in [2.24, 2.45) is 0 Å². The van der Waals surface area contributed by atoms with Gasteiger partial charge < -0.3 is 10.1 Å². The molecule has 0 bridgehead atoms. The number of sulfone groups is 1. The molecule has 1 amide bonds. The summed E-state index contributed by atoms with van der Waals surface area (Å²) < 4.78 is 59.5. The van der Waals surface area contributed by atoms with Gasteiger partial charge in [-0.1, -0.05) is 12.1 Å². The summed E-state index contributed by atoms with van der Waals surface area (Å²) in [4.78, 5) is 12.4. The summed E-state index contributed by atoms with van der Waals surface area (Å²) >= 11 is 0. The van der Waals surface area contributed by atoms with Crippen LogP contribution in [-0.2, 0) is 9.84 Å². The Morgan fingerprint density at radius 2 is 1.86 bits per heavy atom. The van der Waals surface area contributed by atoms with Crippen LogP contribution in [0.3, 0.4) is 0 Å². The summed E-state index contributed by atoms with van der Waals surface area (Å²) in [6.07, 6.45) is -0.110. The van der Waals surface area contributed by atoms with E-state index in [-0.39, 0.29) is 41.9 Å². The third kappa shape index (κ3) is 4.42. The average molecular weight is 423 g/mol. The van der Waals surface area contributed by atoms with E-state index in [0.29, 0.717) is 0 Å². The van der Waals surface area contributed by atoms with Gasteiger partial charge in [-0.05, 0) is 62.4 Å². The summed E-state index contributed by atoms with van der Waals surface area (Å²) in [6.45, 7) is 1.75. The summed E-state index contributed by atoms with van der Waals surface area (Å²) in [5.74, 6) is -0.906. The minimum atomic E-state index is -4.15. The van der Waals surface area contributed by atoms with E-state index in [2.05, 4.69) is 5.32 Å². The Morgan fingerprint density at radius 1 is 1.17 bits per heavy atom. The first-order valence-electron chi connectivity index (χ1n) is 9.30. The number of rotatable bonds is 5. The summed E-state index contributed by atoms with van der Waals surface area (Å²) in [7, 11) is -2.78. The van der Waals surface area contributed by atoms with Crippen LogP contribution in [0.5, 0.6) is 5.75 Å². The van der Waals surface area contributed by atoms with E-state index in [0.717, 1.165) is 17.7 Å². The number of halogens is 2. The molecule has 29 heavy (non-hydrogen) atoms. The molecule has 1 N–H and O–H groups in total. The maximum Gasteiger partial charge on any atom is 0.251 e. The quantitative estimate of drug-likeness (QED) is 0.790. The number of carbonyl (C=O) groups is 1. The van der Waals surface area contributed by atoms with Crippen LogP contribution >= 0.6 is 0 Å². The van der Waals surface area contributed by atoms with Gasteiger partial charge in [0.1, 0.15) is 11.6 Å². The lowest BCUT2D eigenvalue weighted by Gasteiger charge is -2.33. The van der Waals surface area contributed by atoms with E-state index in [4.69, 9.17) is 4.74 Å². The molecule has 2 aromatic rings. The fourth-order valence-corrected chi connectivity index (χ4v) is 5.33. The number of aryl methyl sites for hydroxylation is 1. The maximum atomic E-state index is 15.4. The van der Waals surface area contributed by atoms with Gasteiger partial charge in [0, 0.05) is 17.7 Å². The number of methoxy groups -OCH3 is 1. The van der Waals surface area contributed by atoms with Gasteiger partial charge in [0.25, 0.3) is 5.91 Å².